The van der Waals surface area contributed by atoms with Crippen molar-refractivity contribution in [3.05, 3.63) is 60.2 Å². The highest BCUT2D eigenvalue weighted by molar-refractivity contribution is 5.81. The van der Waals surface area contributed by atoms with Crippen LogP contribution in [-0.4, -0.2) is 37.2 Å². The first-order valence-corrected chi connectivity index (χ1v) is 12.0. The van der Waals surface area contributed by atoms with E-state index in [1.807, 2.05) is 24.3 Å². The molecule has 0 aromatic heterocycles. The number of ether oxygens (including phenoxy) is 4. The molecule has 3 rings (SSSR count). The van der Waals surface area contributed by atoms with E-state index in [-0.39, 0.29) is 18.2 Å². The smallest absolute Gasteiger partial charge is 0.330 e. The second-order valence-electron chi connectivity index (χ2n) is 9.03. The molecule has 5 atom stereocenters. The van der Waals surface area contributed by atoms with Crippen molar-refractivity contribution in [2.75, 3.05) is 13.2 Å². The molecule has 2 aliphatic rings. The fourth-order valence-corrected chi connectivity index (χ4v) is 4.31. The second-order valence-corrected chi connectivity index (χ2v) is 9.03. The van der Waals surface area contributed by atoms with Crippen molar-refractivity contribution >= 4 is 5.97 Å². The molecule has 0 N–H and O–H groups in total. The van der Waals surface area contributed by atoms with Crippen molar-refractivity contribution in [1.29, 1.82) is 0 Å². The van der Waals surface area contributed by atoms with Crippen LogP contribution in [-0.2, 0) is 30.3 Å². The van der Waals surface area contributed by atoms with Crippen LogP contribution >= 0.6 is 0 Å². The van der Waals surface area contributed by atoms with Crippen LogP contribution in [0.5, 0.6) is 0 Å². The summed E-state index contributed by atoms with van der Waals surface area (Å²) in [6.07, 6.45) is 12.4. The number of rotatable bonds is 9. The highest BCUT2D eigenvalue weighted by Gasteiger charge is 2.43. The van der Waals surface area contributed by atoms with Gasteiger partial charge in [-0.1, -0.05) is 56.3 Å². The summed E-state index contributed by atoms with van der Waals surface area (Å²) in [6, 6.07) is 10.2. The van der Waals surface area contributed by atoms with E-state index in [4.69, 9.17) is 18.9 Å². The largest absolute Gasteiger partial charge is 0.463 e. The topological polar surface area (TPSA) is 54.0 Å². The maximum absolute atomic E-state index is 11.7. The van der Waals surface area contributed by atoms with Gasteiger partial charge in [0.2, 0.25) is 0 Å². The summed E-state index contributed by atoms with van der Waals surface area (Å²) in [7, 11) is 0. The number of hydrogen-bond acceptors (Lipinski definition) is 5. The van der Waals surface area contributed by atoms with Crippen molar-refractivity contribution in [2.24, 2.45) is 11.8 Å². The molecule has 2 heterocycles. The average Bonchev–Trinajstić information content (AvgIpc) is 2.80. The third kappa shape index (κ3) is 7.58. The molecule has 1 aromatic carbocycles. The van der Waals surface area contributed by atoms with Gasteiger partial charge >= 0.3 is 5.97 Å². The van der Waals surface area contributed by atoms with Crippen molar-refractivity contribution in [3.8, 4) is 0 Å². The maximum atomic E-state index is 11.7. The fourth-order valence-electron chi connectivity index (χ4n) is 4.31. The van der Waals surface area contributed by atoms with Crippen molar-refractivity contribution in [1.82, 2.24) is 0 Å². The number of hydrogen-bond donors (Lipinski definition) is 0. The quantitative estimate of drug-likeness (QED) is 0.283. The van der Waals surface area contributed by atoms with E-state index in [2.05, 4.69) is 38.1 Å². The lowest BCUT2D eigenvalue weighted by molar-refractivity contribution is -0.308. The van der Waals surface area contributed by atoms with Crippen LogP contribution in [0.15, 0.2) is 54.6 Å². The van der Waals surface area contributed by atoms with Gasteiger partial charge in [0.15, 0.2) is 5.79 Å². The molecule has 0 saturated carbocycles. The second kappa shape index (κ2) is 12.3. The Morgan fingerprint density at radius 2 is 2.00 bits per heavy atom. The molecular formula is C27H38O5. The van der Waals surface area contributed by atoms with E-state index >= 15 is 0 Å². The maximum Gasteiger partial charge on any atom is 0.330 e. The molecule has 2 saturated heterocycles. The van der Waals surface area contributed by atoms with Gasteiger partial charge in [0.1, 0.15) is 0 Å². The van der Waals surface area contributed by atoms with Gasteiger partial charge in [-0.3, -0.25) is 0 Å². The van der Waals surface area contributed by atoms with E-state index in [9.17, 15) is 4.79 Å². The summed E-state index contributed by atoms with van der Waals surface area (Å²) < 4.78 is 23.8. The minimum atomic E-state index is -0.559. The number of carbonyl (C=O) groups excluding carboxylic acids is 1. The molecule has 0 amide bonds. The van der Waals surface area contributed by atoms with Gasteiger partial charge < -0.3 is 18.9 Å². The molecule has 0 radical (unpaired) electrons. The summed E-state index contributed by atoms with van der Waals surface area (Å²) in [5.41, 5.74) is 1.19. The summed E-state index contributed by atoms with van der Waals surface area (Å²) in [5, 5.41) is 0. The lowest BCUT2D eigenvalue weighted by atomic mass is 9.87. The van der Waals surface area contributed by atoms with Gasteiger partial charge in [0.25, 0.3) is 0 Å². The summed E-state index contributed by atoms with van der Waals surface area (Å²) in [4.78, 5) is 11.7. The lowest BCUT2D eigenvalue weighted by Gasteiger charge is -2.47. The van der Waals surface area contributed by atoms with E-state index in [1.54, 1.807) is 6.92 Å². The molecule has 0 bridgehead atoms. The highest BCUT2D eigenvalue weighted by atomic mass is 16.7. The van der Waals surface area contributed by atoms with Crippen molar-refractivity contribution in [2.45, 2.75) is 77.5 Å². The van der Waals surface area contributed by atoms with E-state index in [0.29, 0.717) is 31.7 Å². The molecule has 5 heteroatoms. The number of esters is 1. The molecule has 1 aromatic rings. The Morgan fingerprint density at radius 1 is 1.19 bits per heavy atom. The molecule has 0 aliphatic carbocycles. The average molecular weight is 443 g/mol. The summed E-state index contributed by atoms with van der Waals surface area (Å²) in [6.45, 7) is 7.81. The predicted octanol–water partition coefficient (Wildman–Crippen LogP) is 5.60. The normalized spacial score (nSPS) is 29.5. The molecular weight excluding hydrogens is 404 g/mol. The Morgan fingerprint density at radius 3 is 2.78 bits per heavy atom. The standard InChI is InChI=1S/C27H38O5/c1-4-30-26(28)15-14-25-22(3)16-18-27(32-25)17-8-11-24(31-27)13-12-21(2)19-29-20-23-9-6-5-7-10-23/h5-7,9-10,12-15,21-22,24-25H,4,8,11,16-20H2,1-3H3/b13-12+,15-14+/t21-,22-,24-,25+,27-/m0/s1. The monoisotopic (exact) mass is 442 g/mol. The molecule has 5 nitrogen and oxygen atoms in total. The van der Waals surface area contributed by atoms with Gasteiger partial charge in [0.05, 0.1) is 32.0 Å². The molecule has 0 unspecified atom stereocenters. The van der Waals surface area contributed by atoms with E-state index in [0.717, 1.165) is 32.1 Å². The molecule has 32 heavy (non-hydrogen) atoms. The first-order valence-electron chi connectivity index (χ1n) is 12.0. The zero-order valence-corrected chi connectivity index (χ0v) is 19.7. The Kier molecular flexibility index (Phi) is 9.51. The van der Waals surface area contributed by atoms with Gasteiger partial charge in [-0.05, 0) is 49.7 Å². The third-order valence-electron chi connectivity index (χ3n) is 6.16. The third-order valence-corrected chi connectivity index (χ3v) is 6.16. The van der Waals surface area contributed by atoms with Crippen LogP contribution in [0.4, 0.5) is 0 Å². The first kappa shape index (κ1) is 24.7. The zero-order valence-electron chi connectivity index (χ0n) is 19.7. The van der Waals surface area contributed by atoms with Gasteiger partial charge in [0, 0.05) is 18.9 Å². The highest BCUT2D eigenvalue weighted by Crippen LogP contribution is 2.41. The Balaban J connectivity index is 1.49. The molecule has 2 fully saturated rings. The number of carbonyl (C=O) groups is 1. The summed E-state index contributed by atoms with van der Waals surface area (Å²) >= 11 is 0. The van der Waals surface area contributed by atoms with Crippen LogP contribution in [0.3, 0.4) is 0 Å². The molecule has 176 valence electrons. The Labute approximate surface area is 192 Å². The van der Waals surface area contributed by atoms with Crippen LogP contribution in [0.25, 0.3) is 0 Å². The van der Waals surface area contributed by atoms with Gasteiger partial charge in [-0.2, -0.15) is 0 Å². The molecule has 2 aliphatic heterocycles. The van der Waals surface area contributed by atoms with Crippen LogP contribution in [0.1, 0.15) is 58.4 Å². The Bertz CT molecular complexity index is 759. The number of benzene rings is 1. The van der Waals surface area contributed by atoms with Crippen molar-refractivity contribution < 1.29 is 23.7 Å². The van der Waals surface area contributed by atoms with E-state index < -0.39 is 5.79 Å². The fraction of sp³-hybridized carbons (Fsp3) is 0.593. The predicted molar refractivity (Wildman–Crippen MR) is 125 cm³/mol. The SMILES string of the molecule is CCOC(=O)/C=C/[C@H]1O[C@@]2(CCC[C@@H](/C=C/[C@H](C)COCc3ccccc3)O2)CC[C@@H]1C. The Hall–Kier alpha value is -1.95. The molecule has 1 spiro atoms. The van der Waals surface area contributed by atoms with Gasteiger partial charge in [-0.25, -0.2) is 4.79 Å². The van der Waals surface area contributed by atoms with Crippen LogP contribution < -0.4 is 0 Å². The lowest BCUT2D eigenvalue weighted by Crippen LogP contribution is -2.49. The summed E-state index contributed by atoms with van der Waals surface area (Å²) in [5.74, 6) is -0.228. The van der Waals surface area contributed by atoms with Crippen LogP contribution in [0, 0.1) is 11.8 Å². The minimum Gasteiger partial charge on any atom is -0.463 e. The van der Waals surface area contributed by atoms with Crippen LogP contribution in [0.2, 0.25) is 0 Å². The van der Waals surface area contributed by atoms with Crippen molar-refractivity contribution in [3.63, 3.8) is 0 Å². The minimum absolute atomic E-state index is 0.0448. The zero-order chi connectivity index (χ0) is 22.8. The van der Waals surface area contributed by atoms with E-state index in [1.165, 1.54) is 11.6 Å². The first-order chi connectivity index (χ1) is 15.5. The van der Waals surface area contributed by atoms with Gasteiger partial charge in [-0.15, -0.1) is 0 Å².